The van der Waals surface area contributed by atoms with E-state index in [1.807, 2.05) is 30.3 Å². The summed E-state index contributed by atoms with van der Waals surface area (Å²) in [5.41, 5.74) is 1.14. The standard InChI is InChI=1S/C28H29N3O5S/c1-36-27(32)19-31(24-8-4-5-9-24)28(33)26(16-20-10-12-21(18-29)13-11-20)30-37(34,35)25-15-14-22-6-2-3-7-23(22)17-25/h2-3,6-7,10-15,17,24,26,30H,4-5,8-9,16,19H2,1H3/t26-/m0/s1. The molecule has 1 aliphatic carbocycles. The Morgan fingerprint density at radius 1 is 1.05 bits per heavy atom. The van der Waals surface area contributed by atoms with Crippen LogP contribution in [-0.2, 0) is 30.8 Å². The minimum atomic E-state index is -4.09. The van der Waals surface area contributed by atoms with Crippen LogP contribution in [0.5, 0.6) is 0 Å². The molecule has 0 aliphatic heterocycles. The summed E-state index contributed by atoms with van der Waals surface area (Å²) < 4.78 is 34.4. The second-order valence-corrected chi connectivity index (χ2v) is 10.9. The van der Waals surface area contributed by atoms with E-state index in [1.54, 1.807) is 36.4 Å². The van der Waals surface area contributed by atoms with Gasteiger partial charge in [-0.3, -0.25) is 9.59 Å². The van der Waals surface area contributed by atoms with Crippen molar-refractivity contribution in [3.8, 4) is 6.07 Å². The number of fused-ring (bicyclic) bond motifs is 1. The molecule has 3 aromatic carbocycles. The molecule has 8 nitrogen and oxygen atoms in total. The molecule has 4 rings (SSSR count). The van der Waals surface area contributed by atoms with Crippen molar-refractivity contribution in [1.82, 2.24) is 9.62 Å². The third-order valence-electron chi connectivity index (χ3n) is 6.73. The highest BCUT2D eigenvalue weighted by Gasteiger charge is 2.35. The first-order valence-electron chi connectivity index (χ1n) is 12.2. The average Bonchev–Trinajstić information content (AvgIpc) is 3.45. The number of amides is 1. The van der Waals surface area contributed by atoms with Crippen molar-refractivity contribution >= 4 is 32.7 Å². The van der Waals surface area contributed by atoms with Crippen molar-refractivity contribution in [1.29, 1.82) is 5.26 Å². The van der Waals surface area contributed by atoms with E-state index >= 15 is 0 Å². The summed E-state index contributed by atoms with van der Waals surface area (Å²) in [6, 6.07) is 19.6. The first-order chi connectivity index (χ1) is 17.8. The Morgan fingerprint density at radius 2 is 1.73 bits per heavy atom. The van der Waals surface area contributed by atoms with Gasteiger partial charge in [0.25, 0.3) is 0 Å². The van der Waals surface area contributed by atoms with Crippen LogP contribution in [0.2, 0.25) is 0 Å². The lowest BCUT2D eigenvalue weighted by molar-refractivity contribution is -0.149. The third kappa shape index (κ3) is 6.34. The Hall–Kier alpha value is -3.74. The number of methoxy groups -OCH3 is 1. The van der Waals surface area contributed by atoms with E-state index in [9.17, 15) is 18.0 Å². The Balaban J connectivity index is 1.68. The molecule has 3 aromatic rings. The van der Waals surface area contributed by atoms with Gasteiger partial charge in [-0.2, -0.15) is 9.98 Å². The lowest BCUT2D eigenvalue weighted by Gasteiger charge is -2.32. The van der Waals surface area contributed by atoms with Gasteiger partial charge >= 0.3 is 5.97 Å². The average molecular weight is 520 g/mol. The highest BCUT2D eigenvalue weighted by Crippen LogP contribution is 2.25. The molecule has 0 aromatic heterocycles. The maximum Gasteiger partial charge on any atom is 0.325 e. The highest BCUT2D eigenvalue weighted by molar-refractivity contribution is 7.89. The summed E-state index contributed by atoms with van der Waals surface area (Å²) in [6.45, 7) is -0.248. The topological polar surface area (TPSA) is 117 Å². The molecule has 0 bridgehead atoms. The molecule has 192 valence electrons. The number of rotatable bonds is 9. The van der Waals surface area contributed by atoms with Crippen LogP contribution in [0.4, 0.5) is 0 Å². The van der Waals surface area contributed by atoms with Crippen molar-refractivity contribution in [2.24, 2.45) is 0 Å². The normalized spacial score (nSPS) is 14.7. The number of benzene rings is 3. The van der Waals surface area contributed by atoms with Crippen LogP contribution in [-0.4, -0.2) is 50.9 Å². The van der Waals surface area contributed by atoms with Crippen molar-refractivity contribution < 1.29 is 22.7 Å². The summed E-state index contributed by atoms with van der Waals surface area (Å²) in [4.78, 5) is 27.6. The Bertz CT molecular complexity index is 1420. The largest absolute Gasteiger partial charge is 0.468 e. The lowest BCUT2D eigenvalue weighted by atomic mass is 10.0. The van der Waals surface area contributed by atoms with Crippen LogP contribution in [0.3, 0.4) is 0 Å². The summed E-state index contributed by atoms with van der Waals surface area (Å²) in [5.74, 6) is -1.04. The fourth-order valence-corrected chi connectivity index (χ4v) is 5.95. The zero-order chi connectivity index (χ0) is 26.4. The maximum absolute atomic E-state index is 13.9. The van der Waals surface area contributed by atoms with E-state index in [4.69, 9.17) is 10.00 Å². The summed E-state index contributed by atoms with van der Waals surface area (Å²) >= 11 is 0. The Labute approximate surface area is 216 Å². The quantitative estimate of drug-likeness (QED) is 0.432. The number of ether oxygens (including phenoxy) is 1. The van der Waals surface area contributed by atoms with Gasteiger partial charge in [-0.1, -0.05) is 55.3 Å². The number of carbonyl (C=O) groups excluding carboxylic acids is 2. The molecule has 1 aliphatic rings. The molecule has 0 spiro atoms. The smallest absolute Gasteiger partial charge is 0.325 e. The fraction of sp³-hybridized carbons (Fsp3) is 0.321. The monoisotopic (exact) mass is 519 g/mol. The second-order valence-electron chi connectivity index (χ2n) is 9.18. The van der Waals surface area contributed by atoms with Crippen molar-refractivity contribution in [3.63, 3.8) is 0 Å². The lowest BCUT2D eigenvalue weighted by Crippen LogP contribution is -2.53. The SMILES string of the molecule is COC(=O)CN(C(=O)[C@H](Cc1ccc(C#N)cc1)NS(=O)(=O)c1ccc2ccccc2c1)C1CCCC1. The first-order valence-corrected chi connectivity index (χ1v) is 13.7. The van der Waals surface area contributed by atoms with Crippen LogP contribution in [0.25, 0.3) is 10.8 Å². The Kier molecular flexibility index (Phi) is 8.21. The van der Waals surface area contributed by atoms with Gasteiger partial charge in [-0.05, 0) is 59.9 Å². The zero-order valence-electron chi connectivity index (χ0n) is 20.6. The minimum absolute atomic E-state index is 0.0456. The molecule has 1 saturated carbocycles. The van der Waals surface area contributed by atoms with Crippen molar-refractivity contribution in [2.45, 2.75) is 49.1 Å². The van der Waals surface area contributed by atoms with Gasteiger partial charge in [0.05, 0.1) is 23.6 Å². The van der Waals surface area contributed by atoms with Gasteiger partial charge in [0.2, 0.25) is 15.9 Å². The van der Waals surface area contributed by atoms with Gasteiger partial charge in [0, 0.05) is 6.04 Å². The molecule has 1 amide bonds. The number of carbonyl (C=O) groups is 2. The van der Waals surface area contributed by atoms with E-state index in [0.29, 0.717) is 11.1 Å². The molecule has 1 atom stereocenters. The van der Waals surface area contributed by atoms with Crippen LogP contribution in [0.15, 0.2) is 71.6 Å². The summed E-state index contributed by atoms with van der Waals surface area (Å²) in [5, 5.41) is 10.8. The maximum atomic E-state index is 13.9. The van der Waals surface area contributed by atoms with E-state index in [-0.39, 0.29) is 23.9 Å². The molecule has 37 heavy (non-hydrogen) atoms. The zero-order valence-corrected chi connectivity index (χ0v) is 21.4. The van der Waals surface area contributed by atoms with Gasteiger partial charge in [-0.25, -0.2) is 8.42 Å². The molecule has 9 heteroatoms. The van der Waals surface area contributed by atoms with E-state index < -0.39 is 27.9 Å². The molecular formula is C28H29N3O5S. The van der Waals surface area contributed by atoms with Gasteiger partial charge in [0.15, 0.2) is 0 Å². The Morgan fingerprint density at radius 3 is 2.38 bits per heavy atom. The number of nitrogens with zero attached hydrogens (tertiary/aromatic N) is 2. The predicted octanol–water partition coefficient (Wildman–Crippen LogP) is 3.55. The van der Waals surface area contributed by atoms with Crippen LogP contribution < -0.4 is 4.72 Å². The first kappa shape index (κ1) is 26.3. The van der Waals surface area contributed by atoms with Crippen LogP contribution in [0.1, 0.15) is 36.8 Å². The van der Waals surface area contributed by atoms with Crippen molar-refractivity contribution in [2.75, 3.05) is 13.7 Å². The van der Waals surface area contributed by atoms with Gasteiger partial charge in [0.1, 0.15) is 12.6 Å². The third-order valence-corrected chi connectivity index (χ3v) is 8.19. The molecule has 1 fully saturated rings. The summed E-state index contributed by atoms with van der Waals surface area (Å²) in [6.07, 6.45) is 3.40. The molecule has 0 unspecified atom stereocenters. The molecule has 0 heterocycles. The van der Waals surface area contributed by atoms with Gasteiger partial charge < -0.3 is 9.64 Å². The molecule has 0 radical (unpaired) electrons. The minimum Gasteiger partial charge on any atom is -0.468 e. The number of esters is 1. The van der Waals surface area contributed by atoms with E-state index in [2.05, 4.69) is 4.72 Å². The highest BCUT2D eigenvalue weighted by atomic mass is 32.2. The fourth-order valence-electron chi connectivity index (χ4n) is 4.73. The summed E-state index contributed by atoms with van der Waals surface area (Å²) in [7, 11) is -2.83. The molecular weight excluding hydrogens is 490 g/mol. The number of hydrogen-bond donors (Lipinski definition) is 1. The van der Waals surface area contributed by atoms with Crippen LogP contribution in [0, 0.1) is 11.3 Å². The predicted molar refractivity (Wildman–Crippen MR) is 139 cm³/mol. The molecule has 1 N–H and O–H groups in total. The number of sulfonamides is 1. The van der Waals surface area contributed by atoms with Crippen molar-refractivity contribution in [3.05, 3.63) is 77.9 Å². The van der Waals surface area contributed by atoms with Crippen LogP contribution >= 0.6 is 0 Å². The number of nitriles is 1. The number of hydrogen-bond acceptors (Lipinski definition) is 6. The van der Waals surface area contributed by atoms with E-state index in [0.717, 1.165) is 36.5 Å². The number of nitrogens with one attached hydrogen (secondary N) is 1. The molecule has 0 saturated heterocycles. The second kappa shape index (κ2) is 11.5. The van der Waals surface area contributed by atoms with E-state index in [1.165, 1.54) is 18.1 Å². The van der Waals surface area contributed by atoms with Gasteiger partial charge in [-0.15, -0.1) is 0 Å².